The minimum absolute atomic E-state index is 0.0814. The number of hydrogen-bond donors (Lipinski definition) is 3. The Hall–Kier alpha value is -2.97. The van der Waals surface area contributed by atoms with E-state index in [4.69, 9.17) is 17.0 Å². The van der Waals surface area contributed by atoms with Crippen molar-refractivity contribution in [3.63, 3.8) is 0 Å². The summed E-state index contributed by atoms with van der Waals surface area (Å²) in [5, 5.41) is 5.90. The van der Waals surface area contributed by atoms with Crippen molar-refractivity contribution in [2.75, 3.05) is 21.2 Å². The first kappa shape index (κ1) is 19.8. The molecule has 3 rings (SSSR count). The van der Waals surface area contributed by atoms with Gasteiger partial charge in [0, 0.05) is 23.7 Å². The zero-order chi connectivity index (χ0) is 20.1. The highest BCUT2D eigenvalue weighted by molar-refractivity contribution is 7.71. The lowest BCUT2D eigenvalue weighted by Gasteiger charge is -2.14. The summed E-state index contributed by atoms with van der Waals surface area (Å²) in [5.74, 6) is 1.45. The maximum Gasteiger partial charge on any atom is 0.251 e. The Kier molecular flexibility index (Phi) is 6.23. The molecule has 0 spiro atoms. The van der Waals surface area contributed by atoms with Crippen molar-refractivity contribution in [1.82, 2.24) is 20.1 Å². The molecule has 1 unspecified atom stereocenters. The molecular formula is C20H24N5O2S+. The van der Waals surface area contributed by atoms with Gasteiger partial charge in [0.2, 0.25) is 4.77 Å². The van der Waals surface area contributed by atoms with Crippen LogP contribution in [-0.2, 0) is 13.2 Å². The van der Waals surface area contributed by atoms with E-state index in [0.29, 0.717) is 17.0 Å². The van der Waals surface area contributed by atoms with Crippen molar-refractivity contribution in [1.29, 1.82) is 0 Å². The van der Waals surface area contributed by atoms with Gasteiger partial charge in [0.1, 0.15) is 12.3 Å². The summed E-state index contributed by atoms with van der Waals surface area (Å²) >= 11 is 5.40. The maximum absolute atomic E-state index is 11.6. The van der Waals surface area contributed by atoms with E-state index in [2.05, 4.69) is 22.4 Å². The van der Waals surface area contributed by atoms with Crippen molar-refractivity contribution in [2.24, 2.45) is 0 Å². The third-order valence-corrected chi connectivity index (χ3v) is 4.73. The molecule has 0 fully saturated rings. The minimum Gasteiger partial charge on any atom is -0.497 e. The van der Waals surface area contributed by atoms with Gasteiger partial charge in [0.05, 0.1) is 14.2 Å². The molecule has 28 heavy (non-hydrogen) atoms. The Morgan fingerprint density at radius 1 is 1.21 bits per heavy atom. The minimum atomic E-state index is -0.0814. The van der Waals surface area contributed by atoms with E-state index in [9.17, 15) is 4.79 Å². The average Bonchev–Trinajstić information content (AvgIpc) is 3.08. The van der Waals surface area contributed by atoms with Crippen molar-refractivity contribution >= 4 is 18.1 Å². The SMILES string of the molecule is CNC(=O)c1ccc(C[NH+](C)Cn2[nH]c(-c3ccc(OC)cc3)nc2=S)cc1. The lowest BCUT2D eigenvalue weighted by molar-refractivity contribution is -0.917. The highest BCUT2D eigenvalue weighted by Gasteiger charge is 2.11. The Labute approximate surface area is 169 Å². The van der Waals surface area contributed by atoms with Gasteiger partial charge in [0.15, 0.2) is 12.5 Å². The van der Waals surface area contributed by atoms with Crippen LogP contribution in [0.4, 0.5) is 0 Å². The Bertz CT molecular complexity index is 993. The fourth-order valence-electron chi connectivity index (χ4n) is 2.93. The number of benzene rings is 2. The molecule has 2 aromatic carbocycles. The quantitative estimate of drug-likeness (QED) is 0.529. The topological polar surface area (TPSA) is 76.4 Å². The molecule has 0 bridgehead atoms. The molecule has 0 saturated heterocycles. The molecule has 146 valence electrons. The fourth-order valence-corrected chi connectivity index (χ4v) is 3.14. The summed E-state index contributed by atoms with van der Waals surface area (Å²) in [6.45, 7) is 1.45. The lowest BCUT2D eigenvalue weighted by Crippen LogP contribution is -3.07. The second-order valence-electron chi connectivity index (χ2n) is 6.58. The second kappa shape index (κ2) is 8.81. The van der Waals surface area contributed by atoms with Gasteiger partial charge in [-0.05, 0) is 48.6 Å². The zero-order valence-electron chi connectivity index (χ0n) is 16.2. The largest absolute Gasteiger partial charge is 0.497 e. The molecule has 0 aliphatic rings. The fraction of sp³-hybridized carbons (Fsp3) is 0.250. The summed E-state index contributed by atoms with van der Waals surface area (Å²) < 4.78 is 7.57. The number of nitrogens with one attached hydrogen (secondary N) is 3. The lowest BCUT2D eigenvalue weighted by atomic mass is 10.1. The van der Waals surface area contributed by atoms with Gasteiger partial charge in [-0.3, -0.25) is 9.89 Å². The number of carbonyl (C=O) groups excluding carboxylic acids is 1. The van der Waals surface area contributed by atoms with Gasteiger partial charge in [-0.2, -0.15) is 4.98 Å². The van der Waals surface area contributed by atoms with Gasteiger partial charge >= 0.3 is 0 Å². The van der Waals surface area contributed by atoms with Crippen LogP contribution in [0.2, 0.25) is 0 Å². The van der Waals surface area contributed by atoms with Crippen LogP contribution >= 0.6 is 12.2 Å². The predicted octanol–water partition coefficient (Wildman–Crippen LogP) is 1.65. The Morgan fingerprint density at radius 3 is 2.50 bits per heavy atom. The highest BCUT2D eigenvalue weighted by atomic mass is 32.1. The van der Waals surface area contributed by atoms with E-state index < -0.39 is 0 Å². The van der Waals surface area contributed by atoms with Crippen molar-refractivity contribution in [3.05, 3.63) is 64.4 Å². The van der Waals surface area contributed by atoms with Crippen LogP contribution in [0, 0.1) is 4.77 Å². The standard InChI is InChI=1S/C20H23N5O2S/c1-21-19(26)16-6-4-14(5-7-16)12-24(2)13-25-20(28)22-18(23-25)15-8-10-17(27-3)11-9-15/h4-11H,12-13H2,1-3H3,(H,21,26)(H,22,23,28)/p+1. The van der Waals surface area contributed by atoms with Gasteiger partial charge in [0.25, 0.3) is 5.91 Å². The molecule has 0 radical (unpaired) electrons. The average molecular weight is 399 g/mol. The van der Waals surface area contributed by atoms with Crippen molar-refractivity contribution in [3.8, 4) is 17.1 Å². The Morgan fingerprint density at radius 2 is 1.89 bits per heavy atom. The third kappa shape index (κ3) is 4.65. The number of H-pyrrole nitrogens is 1. The number of rotatable bonds is 7. The van der Waals surface area contributed by atoms with Gasteiger partial charge < -0.3 is 15.0 Å². The number of aromatic nitrogens is 3. The Balaban J connectivity index is 1.67. The highest BCUT2D eigenvalue weighted by Crippen LogP contribution is 2.18. The number of quaternary nitrogens is 1. The van der Waals surface area contributed by atoms with Crippen LogP contribution in [0.15, 0.2) is 48.5 Å². The smallest absolute Gasteiger partial charge is 0.251 e. The van der Waals surface area contributed by atoms with Crippen LogP contribution in [0.1, 0.15) is 15.9 Å². The van der Waals surface area contributed by atoms with E-state index in [1.165, 1.54) is 4.90 Å². The number of methoxy groups -OCH3 is 1. The van der Waals surface area contributed by atoms with Gasteiger partial charge in [-0.25, -0.2) is 4.68 Å². The maximum atomic E-state index is 11.6. The zero-order valence-corrected chi connectivity index (χ0v) is 17.0. The number of carbonyl (C=O) groups is 1. The molecule has 7 nitrogen and oxygen atoms in total. The molecule has 1 amide bonds. The van der Waals surface area contributed by atoms with Crippen molar-refractivity contribution in [2.45, 2.75) is 13.2 Å². The summed E-state index contributed by atoms with van der Waals surface area (Å²) in [6, 6.07) is 15.3. The van der Waals surface area contributed by atoms with Crippen LogP contribution < -0.4 is 15.0 Å². The monoisotopic (exact) mass is 398 g/mol. The molecule has 3 N–H and O–H groups in total. The number of hydrogen-bond acceptors (Lipinski definition) is 4. The normalized spacial score (nSPS) is 11.8. The molecule has 0 aliphatic heterocycles. The number of nitrogens with zero attached hydrogens (tertiary/aromatic N) is 2. The first-order chi connectivity index (χ1) is 13.5. The third-order valence-electron chi connectivity index (χ3n) is 4.42. The second-order valence-corrected chi connectivity index (χ2v) is 6.94. The molecule has 0 saturated carbocycles. The van der Waals surface area contributed by atoms with E-state index >= 15 is 0 Å². The first-order valence-electron chi connectivity index (χ1n) is 8.93. The van der Waals surface area contributed by atoms with Crippen molar-refractivity contribution < 1.29 is 14.4 Å². The first-order valence-corrected chi connectivity index (χ1v) is 9.34. The van der Waals surface area contributed by atoms with E-state index in [0.717, 1.165) is 29.2 Å². The van der Waals surface area contributed by atoms with E-state index in [1.807, 2.05) is 53.2 Å². The molecule has 3 aromatic rings. The summed E-state index contributed by atoms with van der Waals surface area (Å²) in [6.07, 6.45) is 0. The molecule has 0 aliphatic carbocycles. The molecular weight excluding hydrogens is 374 g/mol. The van der Waals surface area contributed by atoms with E-state index in [1.54, 1.807) is 14.2 Å². The summed E-state index contributed by atoms with van der Waals surface area (Å²) in [5.41, 5.74) is 2.75. The van der Waals surface area contributed by atoms with Crippen LogP contribution in [-0.4, -0.2) is 41.9 Å². The molecule has 1 heterocycles. The molecule has 8 heteroatoms. The van der Waals surface area contributed by atoms with Crippen LogP contribution in [0.5, 0.6) is 5.75 Å². The molecule has 1 atom stereocenters. The number of aromatic amines is 1. The molecule has 1 aromatic heterocycles. The summed E-state index contributed by atoms with van der Waals surface area (Å²) in [7, 11) is 5.35. The summed E-state index contributed by atoms with van der Waals surface area (Å²) in [4.78, 5) is 17.3. The number of amides is 1. The van der Waals surface area contributed by atoms with Crippen LogP contribution in [0.3, 0.4) is 0 Å². The predicted molar refractivity (Wildman–Crippen MR) is 110 cm³/mol. The van der Waals surface area contributed by atoms with Gasteiger partial charge in [-0.1, -0.05) is 12.1 Å². The van der Waals surface area contributed by atoms with Crippen LogP contribution in [0.25, 0.3) is 11.4 Å². The van der Waals surface area contributed by atoms with E-state index in [-0.39, 0.29) is 5.91 Å². The van der Waals surface area contributed by atoms with Gasteiger partial charge in [-0.15, -0.1) is 0 Å². The number of ether oxygens (including phenoxy) is 1.